The molecule has 0 N–H and O–H groups in total. The van der Waals surface area contributed by atoms with E-state index in [4.69, 9.17) is 3.63 Å². The number of alkyl halides is 3. The van der Waals surface area contributed by atoms with Crippen LogP contribution in [0.1, 0.15) is 30.1 Å². The minimum absolute atomic E-state index is 0.272. The Kier molecular flexibility index (Phi) is 6.03. The molecule has 0 saturated carbocycles. The molecule has 2 atom stereocenters. The van der Waals surface area contributed by atoms with Gasteiger partial charge < -0.3 is 0 Å². The summed E-state index contributed by atoms with van der Waals surface area (Å²) < 4.78 is 68.0. The van der Waals surface area contributed by atoms with Crippen LogP contribution in [0, 0.1) is 0 Å². The van der Waals surface area contributed by atoms with Crippen molar-refractivity contribution in [2.24, 2.45) is 0 Å². The summed E-state index contributed by atoms with van der Waals surface area (Å²) in [7, 11) is -9.92. The predicted molar refractivity (Wildman–Crippen MR) is 99.8 cm³/mol. The Morgan fingerprint density at radius 3 is 2.28 bits per heavy atom. The molecule has 0 amide bonds. The lowest BCUT2D eigenvalue weighted by Crippen LogP contribution is -2.39. The number of hydrogen-bond donors (Lipinski definition) is 0. The first kappa shape index (κ1) is 20.8. The highest BCUT2D eigenvalue weighted by atomic mass is 32.3. The van der Waals surface area contributed by atoms with Crippen molar-refractivity contribution in [3.8, 4) is 0 Å². The number of halogens is 3. The van der Waals surface area contributed by atoms with Gasteiger partial charge in [-0.3, -0.25) is 0 Å². The second-order valence-electron chi connectivity index (χ2n) is 7.64. The summed E-state index contributed by atoms with van der Waals surface area (Å²) in [5.41, 5.74) is -4.50. The topological polar surface area (TPSA) is 43.4 Å². The molecule has 0 aliphatic carbocycles. The van der Waals surface area contributed by atoms with Gasteiger partial charge in [-0.1, -0.05) is 56.4 Å². The highest BCUT2D eigenvalue weighted by Crippen LogP contribution is 2.68. The SMILES string of the molecule is C[Si](C)(C)CS1(OS(=O)(=O)C(F)(F)F)CCCCC1c1ccccc1. The minimum atomic E-state index is -5.61. The third-order valence-electron chi connectivity index (χ3n) is 4.08. The van der Waals surface area contributed by atoms with Gasteiger partial charge in [0.1, 0.15) is 0 Å². The van der Waals surface area contributed by atoms with Crippen molar-refractivity contribution in [3.63, 3.8) is 0 Å². The summed E-state index contributed by atoms with van der Waals surface area (Å²) in [6.07, 6.45) is 2.24. The lowest BCUT2D eigenvalue weighted by Gasteiger charge is -2.50. The third-order valence-corrected chi connectivity index (χ3v) is 14.4. The normalized spacial score (nSPS) is 28.3. The smallest absolute Gasteiger partial charge is 0.213 e. The van der Waals surface area contributed by atoms with Crippen molar-refractivity contribution in [2.45, 2.75) is 49.7 Å². The Morgan fingerprint density at radius 2 is 1.76 bits per heavy atom. The summed E-state index contributed by atoms with van der Waals surface area (Å²) >= 11 is 0. The van der Waals surface area contributed by atoms with Crippen LogP contribution in [-0.4, -0.2) is 33.1 Å². The summed E-state index contributed by atoms with van der Waals surface area (Å²) in [5, 5.41) is 0.181. The van der Waals surface area contributed by atoms with Crippen LogP contribution in [-0.2, 0) is 13.7 Å². The molecule has 1 heterocycles. The predicted octanol–water partition coefficient (Wildman–Crippen LogP) is 5.37. The minimum Gasteiger partial charge on any atom is -0.213 e. The monoisotopic (exact) mass is 414 g/mol. The summed E-state index contributed by atoms with van der Waals surface area (Å²) in [6.45, 7) is 6.13. The largest absolute Gasteiger partial charge is 0.523 e. The Labute approximate surface area is 150 Å². The van der Waals surface area contributed by atoms with E-state index in [1.54, 1.807) is 0 Å². The fourth-order valence-corrected chi connectivity index (χ4v) is 15.8. The first-order valence-corrected chi connectivity index (χ1v) is 15.3. The zero-order valence-electron chi connectivity index (χ0n) is 14.7. The van der Waals surface area contributed by atoms with E-state index in [1.807, 2.05) is 50.0 Å². The summed E-state index contributed by atoms with van der Waals surface area (Å²) in [5.74, 6) is 0.409. The van der Waals surface area contributed by atoms with E-state index in [1.165, 1.54) is 0 Å². The van der Waals surface area contributed by atoms with Gasteiger partial charge in [-0.05, 0) is 23.8 Å². The van der Waals surface area contributed by atoms with Crippen LogP contribution in [0.15, 0.2) is 30.3 Å². The third kappa shape index (κ3) is 5.02. The first-order chi connectivity index (χ1) is 11.4. The maximum Gasteiger partial charge on any atom is 0.523 e. The molecule has 1 saturated heterocycles. The molecular weight excluding hydrogens is 389 g/mol. The Hall–Kier alpha value is -0.513. The van der Waals surface area contributed by atoms with E-state index in [-0.39, 0.29) is 5.25 Å². The van der Waals surface area contributed by atoms with Crippen molar-refractivity contribution in [1.82, 2.24) is 0 Å². The molecule has 9 heteroatoms. The molecule has 1 aromatic carbocycles. The van der Waals surface area contributed by atoms with E-state index in [0.717, 1.165) is 12.0 Å². The van der Waals surface area contributed by atoms with Crippen molar-refractivity contribution < 1.29 is 25.2 Å². The van der Waals surface area contributed by atoms with E-state index in [9.17, 15) is 21.6 Å². The molecule has 25 heavy (non-hydrogen) atoms. The molecule has 1 aliphatic rings. The van der Waals surface area contributed by atoms with Gasteiger partial charge in [0, 0.05) is 11.0 Å². The van der Waals surface area contributed by atoms with Gasteiger partial charge in [-0.25, -0.2) is 3.63 Å². The molecule has 2 unspecified atom stereocenters. The second kappa shape index (κ2) is 7.25. The van der Waals surface area contributed by atoms with E-state index in [0.29, 0.717) is 24.0 Å². The zero-order valence-corrected chi connectivity index (χ0v) is 17.3. The second-order valence-corrected chi connectivity index (χ2v) is 18.5. The van der Waals surface area contributed by atoms with Crippen molar-refractivity contribution in [1.29, 1.82) is 0 Å². The molecule has 1 fully saturated rings. The quantitative estimate of drug-likeness (QED) is 0.480. The van der Waals surface area contributed by atoms with E-state index in [2.05, 4.69) is 0 Å². The lowest BCUT2D eigenvalue weighted by atomic mass is 10.1. The number of benzene rings is 1. The van der Waals surface area contributed by atoms with Gasteiger partial charge >= 0.3 is 15.6 Å². The Balaban J connectivity index is 2.52. The van der Waals surface area contributed by atoms with Crippen LogP contribution in [0.3, 0.4) is 0 Å². The summed E-state index contributed by atoms with van der Waals surface area (Å²) in [4.78, 5) is 0. The molecule has 0 radical (unpaired) electrons. The van der Waals surface area contributed by atoms with Crippen LogP contribution >= 0.6 is 10.3 Å². The fraction of sp³-hybridized carbons (Fsp3) is 0.625. The van der Waals surface area contributed by atoms with Gasteiger partial charge in [0.2, 0.25) is 0 Å². The highest BCUT2D eigenvalue weighted by molar-refractivity contribution is 8.34. The van der Waals surface area contributed by atoms with Crippen LogP contribution in [0.4, 0.5) is 13.2 Å². The average Bonchev–Trinajstić information content (AvgIpc) is 2.45. The van der Waals surface area contributed by atoms with Gasteiger partial charge in [0.15, 0.2) is 0 Å². The van der Waals surface area contributed by atoms with Gasteiger partial charge in [0.25, 0.3) is 0 Å². The van der Waals surface area contributed by atoms with Crippen LogP contribution in [0.5, 0.6) is 0 Å². The molecule has 144 valence electrons. The van der Waals surface area contributed by atoms with Crippen LogP contribution in [0.25, 0.3) is 0 Å². The van der Waals surface area contributed by atoms with Crippen molar-refractivity contribution in [3.05, 3.63) is 35.9 Å². The lowest BCUT2D eigenvalue weighted by molar-refractivity contribution is -0.0496. The van der Waals surface area contributed by atoms with Gasteiger partial charge in [0.05, 0.1) is 8.07 Å². The summed E-state index contributed by atoms with van der Waals surface area (Å²) in [6, 6.07) is 9.24. The van der Waals surface area contributed by atoms with Crippen molar-refractivity contribution in [2.75, 3.05) is 11.1 Å². The number of rotatable bonds is 5. The fourth-order valence-electron chi connectivity index (χ4n) is 3.34. The molecule has 1 aromatic rings. The maximum atomic E-state index is 13.0. The molecule has 0 bridgehead atoms. The number of hydrogen-bond acceptors (Lipinski definition) is 3. The maximum absolute atomic E-state index is 13.0. The molecule has 0 spiro atoms. The molecule has 1 aliphatic heterocycles. The first-order valence-electron chi connectivity index (χ1n) is 8.21. The van der Waals surface area contributed by atoms with E-state index < -0.39 is 34.0 Å². The molecule has 3 nitrogen and oxygen atoms in total. The van der Waals surface area contributed by atoms with E-state index >= 15 is 0 Å². The molecular formula is C16H25F3O3S2Si. The Bertz CT molecular complexity index is 687. The van der Waals surface area contributed by atoms with Gasteiger partial charge in [-0.15, -0.1) is 10.3 Å². The van der Waals surface area contributed by atoms with Crippen LogP contribution < -0.4 is 0 Å². The van der Waals surface area contributed by atoms with Crippen molar-refractivity contribution >= 4 is 28.5 Å². The van der Waals surface area contributed by atoms with Gasteiger partial charge in [-0.2, -0.15) is 21.6 Å². The molecule has 0 aromatic heterocycles. The average molecular weight is 415 g/mol. The highest BCUT2D eigenvalue weighted by Gasteiger charge is 2.53. The Morgan fingerprint density at radius 1 is 1.16 bits per heavy atom. The van der Waals surface area contributed by atoms with Crippen LogP contribution in [0.2, 0.25) is 19.6 Å². The zero-order chi connectivity index (χ0) is 18.9. The molecule has 2 rings (SSSR count). The standard InChI is InChI=1S/C16H25F3O3S2Si/c1-25(2,3)13-23(22-24(20,21)16(17,18)19)12-8-7-11-15(23)14-9-5-4-6-10-14/h4-6,9-10,15H,7-8,11-13H2,1-3H3.